The van der Waals surface area contributed by atoms with Crippen LogP contribution >= 0.6 is 34.8 Å². The second-order valence-corrected chi connectivity index (χ2v) is 5.44. The van der Waals surface area contributed by atoms with Crippen LogP contribution in [0.4, 0.5) is 13.2 Å². The molecular formula is C8H7Cl3F3NO2. The van der Waals surface area contributed by atoms with Crippen molar-refractivity contribution in [2.75, 3.05) is 14.1 Å². The van der Waals surface area contributed by atoms with Crippen LogP contribution in [0.15, 0.2) is 11.8 Å². The van der Waals surface area contributed by atoms with Gasteiger partial charge in [-0.3, -0.25) is 9.59 Å². The van der Waals surface area contributed by atoms with Crippen LogP contribution in [0.3, 0.4) is 0 Å². The Hall–Kier alpha value is -0.460. The molecule has 0 aliphatic rings. The van der Waals surface area contributed by atoms with Crippen LogP contribution < -0.4 is 0 Å². The molecule has 0 amide bonds. The van der Waals surface area contributed by atoms with Gasteiger partial charge in [-0.1, -0.05) is 34.8 Å². The number of Topliss-reactive ketones (excluding diaryl/α,β-unsaturated/α-hetero) is 2. The molecule has 0 aliphatic carbocycles. The number of alkyl halides is 6. The molecule has 17 heavy (non-hydrogen) atoms. The van der Waals surface area contributed by atoms with Gasteiger partial charge in [0, 0.05) is 20.3 Å². The lowest BCUT2D eigenvalue weighted by Crippen LogP contribution is -2.34. The number of allylic oxidation sites excluding steroid dienone is 1. The zero-order valence-corrected chi connectivity index (χ0v) is 10.9. The first-order chi connectivity index (χ1) is 7.37. The molecule has 0 saturated carbocycles. The van der Waals surface area contributed by atoms with Gasteiger partial charge in [-0.05, 0) is 0 Å². The summed E-state index contributed by atoms with van der Waals surface area (Å²) in [7, 11) is 2.63. The van der Waals surface area contributed by atoms with Gasteiger partial charge in [0.1, 0.15) is 0 Å². The quantitative estimate of drug-likeness (QED) is 0.348. The predicted molar refractivity (Wildman–Crippen MR) is 58.1 cm³/mol. The lowest BCUT2D eigenvalue weighted by Gasteiger charge is -2.15. The number of hydrogen-bond acceptors (Lipinski definition) is 3. The van der Waals surface area contributed by atoms with Crippen LogP contribution in [0.1, 0.15) is 0 Å². The SMILES string of the molecule is CN(C)/C=C(/C(=O)C(F)(F)F)C(=O)C(Cl)(Cl)Cl. The van der Waals surface area contributed by atoms with Gasteiger partial charge in [-0.25, -0.2) is 0 Å². The zero-order valence-electron chi connectivity index (χ0n) is 8.61. The van der Waals surface area contributed by atoms with E-state index in [4.69, 9.17) is 34.8 Å². The summed E-state index contributed by atoms with van der Waals surface area (Å²) < 4.78 is 34.0. The summed E-state index contributed by atoms with van der Waals surface area (Å²) in [4.78, 5) is 23.4. The molecule has 0 spiro atoms. The van der Waals surface area contributed by atoms with Crippen LogP contribution in [-0.4, -0.2) is 40.5 Å². The van der Waals surface area contributed by atoms with Crippen molar-refractivity contribution in [3.63, 3.8) is 0 Å². The summed E-state index contributed by atoms with van der Waals surface area (Å²) in [6, 6.07) is 0. The van der Waals surface area contributed by atoms with Gasteiger partial charge in [0.25, 0.3) is 9.58 Å². The van der Waals surface area contributed by atoms with E-state index in [1.54, 1.807) is 0 Å². The molecule has 0 aromatic carbocycles. The number of ketones is 2. The Kier molecular flexibility index (Phi) is 5.31. The number of carbonyl (C=O) groups excluding carboxylic acids is 2. The van der Waals surface area contributed by atoms with E-state index in [0.717, 1.165) is 4.90 Å². The van der Waals surface area contributed by atoms with Gasteiger partial charge in [0.2, 0.25) is 5.78 Å². The highest BCUT2D eigenvalue weighted by Crippen LogP contribution is 2.32. The molecule has 0 atom stereocenters. The first-order valence-electron chi connectivity index (χ1n) is 3.98. The molecule has 0 aliphatic heterocycles. The molecule has 0 fully saturated rings. The average Bonchev–Trinajstić information content (AvgIpc) is 2.08. The van der Waals surface area contributed by atoms with Gasteiger partial charge in [-0.2, -0.15) is 13.2 Å². The molecule has 0 saturated heterocycles. The van der Waals surface area contributed by atoms with Crippen molar-refractivity contribution in [1.29, 1.82) is 0 Å². The molecule has 9 heteroatoms. The monoisotopic (exact) mass is 311 g/mol. The zero-order chi connectivity index (χ0) is 14.0. The minimum absolute atomic E-state index is 0.653. The maximum absolute atomic E-state index is 12.2. The number of carbonyl (C=O) groups is 2. The Morgan fingerprint density at radius 3 is 1.71 bits per heavy atom. The largest absolute Gasteiger partial charge is 0.455 e. The molecule has 0 N–H and O–H groups in total. The molecule has 0 aromatic heterocycles. The minimum Gasteiger partial charge on any atom is -0.383 e. The third-order valence-electron chi connectivity index (χ3n) is 1.39. The highest BCUT2D eigenvalue weighted by molar-refractivity contribution is 6.78. The van der Waals surface area contributed by atoms with E-state index < -0.39 is 27.1 Å². The summed E-state index contributed by atoms with van der Waals surface area (Å²) in [6.45, 7) is 0. The highest BCUT2D eigenvalue weighted by atomic mass is 35.6. The van der Waals surface area contributed by atoms with Crippen molar-refractivity contribution < 1.29 is 22.8 Å². The van der Waals surface area contributed by atoms with E-state index in [0.29, 0.717) is 6.20 Å². The van der Waals surface area contributed by atoms with Gasteiger partial charge in [0.15, 0.2) is 0 Å². The first kappa shape index (κ1) is 16.5. The fourth-order valence-corrected chi connectivity index (χ4v) is 1.09. The Bertz CT molecular complexity index is 330. The van der Waals surface area contributed by atoms with Crippen molar-refractivity contribution in [2.45, 2.75) is 9.97 Å². The second-order valence-electron chi connectivity index (χ2n) is 3.16. The molecule has 0 heterocycles. The van der Waals surface area contributed by atoms with Crippen molar-refractivity contribution in [2.24, 2.45) is 0 Å². The fraction of sp³-hybridized carbons (Fsp3) is 0.500. The normalized spacial score (nSPS) is 13.5. The number of halogens is 6. The standard InChI is InChI=1S/C8H7Cl3F3NO2/c1-15(2)3-4(5(16)7(9,10)11)6(17)8(12,13)14/h3H,1-2H3/b4-3+. The predicted octanol–water partition coefficient (Wildman–Crippen LogP) is 2.50. The van der Waals surface area contributed by atoms with Gasteiger partial charge < -0.3 is 4.90 Å². The van der Waals surface area contributed by atoms with Crippen molar-refractivity contribution >= 4 is 46.4 Å². The summed E-state index contributed by atoms with van der Waals surface area (Å²) in [5.41, 5.74) is -1.23. The summed E-state index contributed by atoms with van der Waals surface area (Å²) in [5, 5.41) is 0. The maximum atomic E-state index is 12.2. The first-order valence-corrected chi connectivity index (χ1v) is 5.12. The van der Waals surface area contributed by atoms with Crippen molar-refractivity contribution in [1.82, 2.24) is 4.90 Å². The topological polar surface area (TPSA) is 37.4 Å². The van der Waals surface area contributed by atoms with Crippen LogP contribution in [0.5, 0.6) is 0 Å². The van der Waals surface area contributed by atoms with Crippen molar-refractivity contribution in [3.8, 4) is 0 Å². The third kappa shape index (κ3) is 5.14. The minimum atomic E-state index is -5.21. The smallest absolute Gasteiger partial charge is 0.383 e. The van der Waals surface area contributed by atoms with Gasteiger partial charge in [0.05, 0.1) is 5.57 Å². The van der Waals surface area contributed by atoms with Crippen LogP contribution in [-0.2, 0) is 9.59 Å². The Balaban J connectivity index is 5.49. The maximum Gasteiger partial charge on any atom is 0.455 e. The molecule has 0 bridgehead atoms. The van der Waals surface area contributed by atoms with E-state index in [1.165, 1.54) is 14.1 Å². The third-order valence-corrected chi connectivity index (χ3v) is 1.91. The van der Waals surface area contributed by atoms with Crippen LogP contribution in [0.25, 0.3) is 0 Å². The number of hydrogen-bond donors (Lipinski definition) is 0. The summed E-state index contributed by atoms with van der Waals surface area (Å²) >= 11 is 15.5. The second kappa shape index (κ2) is 5.46. The molecule has 0 rings (SSSR count). The number of rotatable bonds is 3. The lowest BCUT2D eigenvalue weighted by atomic mass is 10.1. The van der Waals surface area contributed by atoms with Crippen LogP contribution in [0, 0.1) is 0 Å². The van der Waals surface area contributed by atoms with E-state index in [9.17, 15) is 22.8 Å². The summed E-state index contributed by atoms with van der Waals surface area (Å²) in [6.07, 6.45) is -4.56. The molecule has 0 unspecified atom stereocenters. The molecule has 0 radical (unpaired) electrons. The van der Waals surface area contributed by atoms with E-state index in [1.807, 2.05) is 0 Å². The Morgan fingerprint density at radius 1 is 1.06 bits per heavy atom. The average molecular weight is 313 g/mol. The van der Waals surface area contributed by atoms with E-state index >= 15 is 0 Å². The molecule has 0 aromatic rings. The number of nitrogens with zero attached hydrogens (tertiary/aromatic N) is 1. The summed E-state index contributed by atoms with van der Waals surface area (Å²) in [5.74, 6) is -3.89. The Labute approximate surface area is 110 Å². The van der Waals surface area contributed by atoms with Gasteiger partial charge in [-0.15, -0.1) is 0 Å². The highest BCUT2D eigenvalue weighted by Gasteiger charge is 2.47. The van der Waals surface area contributed by atoms with Crippen LogP contribution in [0.2, 0.25) is 0 Å². The van der Waals surface area contributed by atoms with E-state index in [2.05, 4.69) is 0 Å². The van der Waals surface area contributed by atoms with Crippen molar-refractivity contribution in [3.05, 3.63) is 11.8 Å². The molecule has 3 nitrogen and oxygen atoms in total. The van der Waals surface area contributed by atoms with Gasteiger partial charge >= 0.3 is 6.18 Å². The van der Waals surface area contributed by atoms with E-state index in [-0.39, 0.29) is 0 Å². The molecule has 98 valence electrons. The fourth-order valence-electron chi connectivity index (χ4n) is 0.784. The molecular weight excluding hydrogens is 305 g/mol. The Morgan fingerprint density at radius 2 is 1.47 bits per heavy atom. The lowest BCUT2D eigenvalue weighted by molar-refractivity contribution is -0.167.